The fourth-order valence-corrected chi connectivity index (χ4v) is 5.13. The van der Waals surface area contributed by atoms with Gasteiger partial charge in [-0.1, -0.05) is 56.3 Å². The highest BCUT2D eigenvalue weighted by atomic mass is 14.9. The summed E-state index contributed by atoms with van der Waals surface area (Å²) in [5.41, 5.74) is 16.1. The molecule has 0 fully saturated rings. The van der Waals surface area contributed by atoms with Gasteiger partial charge in [0, 0.05) is 23.8 Å². The van der Waals surface area contributed by atoms with Crippen LogP contribution in [-0.4, -0.2) is 16.5 Å². The number of nitrogens with two attached hydrogens (primary N) is 1. The van der Waals surface area contributed by atoms with Crippen LogP contribution in [-0.2, 0) is 32.2 Å². The zero-order valence-corrected chi connectivity index (χ0v) is 19.7. The topological polar surface area (TPSA) is 63.8 Å². The molecule has 4 rings (SSSR count). The number of benzene rings is 2. The van der Waals surface area contributed by atoms with Crippen molar-refractivity contribution in [3.8, 4) is 11.4 Å². The summed E-state index contributed by atoms with van der Waals surface area (Å²) < 4.78 is 0. The van der Waals surface area contributed by atoms with Crippen LogP contribution in [0.25, 0.3) is 11.4 Å². The van der Waals surface area contributed by atoms with Gasteiger partial charge in [0.05, 0.1) is 5.69 Å². The number of nitrogens with one attached hydrogen (secondary N) is 1. The predicted molar refractivity (Wildman–Crippen MR) is 133 cm³/mol. The standard InChI is InChI=1S/C28H36N4/c1-4-20-11-8-12-21(5-2)27(20)28-31-19(3)23(26(18-29)32-28)16-17-30-25-15-9-13-22-10-6-7-14-24(22)25/h6-8,10-12,14,25,30H,4-5,9,13,15-18,29H2,1-3H3/t25-/m0/s1. The highest BCUT2D eigenvalue weighted by molar-refractivity contribution is 5.65. The molecule has 0 saturated heterocycles. The Hall–Kier alpha value is -2.56. The van der Waals surface area contributed by atoms with Crippen molar-refractivity contribution in [2.24, 2.45) is 5.73 Å². The van der Waals surface area contributed by atoms with E-state index >= 15 is 0 Å². The summed E-state index contributed by atoms with van der Waals surface area (Å²) in [6.07, 6.45) is 6.47. The molecule has 0 amide bonds. The summed E-state index contributed by atoms with van der Waals surface area (Å²) in [7, 11) is 0. The Morgan fingerprint density at radius 1 is 1.00 bits per heavy atom. The lowest BCUT2D eigenvalue weighted by Crippen LogP contribution is -2.27. The molecule has 4 nitrogen and oxygen atoms in total. The van der Waals surface area contributed by atoms with Gasteiger partial charge in [-0.3, -0.25) is 0 Å². The molecule has 1 aliphatic carbocycles. The van der Waals surface area contributed by atoms with E-state index in [1.54, 1.807) is 0 Å². The van der Waals surface area contributed by atoms with E-state index in [2.05, 4.69) is 68.6 Å². The fraction of sp³-hybridized carbons (Fsp3) is 0.429. The van der Waals surface area contributed by atoms with Crippen molar-refractivity contribution in [1.82, 2.24) is 15.3 Å². The predicted octanol–water partition coefficient (Wildman–Crippen LogP) is 5.25. The van der Waals surface area contributed by atoms with Crippen LogP contribution in [0.1, 0.15) is 71.9 Å². The quantitative estimate of drug-likeness (QED) is 0.515. The van der Waals surface area contributed by atoms with Crippen molar-refractivity contribution in [3.63, 3.8) is 0 Å². The molecule has 0 radical (unpaired) electrons. The molecule has 2 aromatic carbocycles. The minimum absolute atomic E-state index is 0.435. The van der Waals surface area contributed by atoms with Crippen LogP contribution in [0.5, 0.6) is 0 Å². The van der Waals surface area contributed by atoms with Crippen LogP contribution >= 0.6 is 0 Å². The molecule has 0 aliphatic heterocycles. The summed E-state index contributed by atoms with van der Waals surface area (Å²) >= 11 is 0. The highest BCUT2D eigenvalue weighted by Crippen LogP contribution is 2.30. The number of hydrogen-bond acceptors (Lipinski definition) is 4. The second-order valence-corrected chi connectivity index (χ2v) is 8.77. The van der Waals surface area contributed by atoms with Crippen molar-refractivity contribution in [3.05, 3.63) is 81.7 Å². The van der Waals surface area contributed by atoms with Gasteiger partial charge < -0.3 is 11.1 Å². The van der Waals surface area contributed by atoms with Crippen LogP contribution in [0.2, 0.25) is 0 Å². The molecule has 0 unspecified atom stereocenters. The molecular formula is C28H36N4. The molecule has 3 aromatic rings. The molecule has 0 saturated carbocycles. The van der Waals surface area contributed by atoms with Gasteiger partial charge in [-0.15, -0.1) is 0 Å². The lowest BCUT2D eigenvalue weighted by molar-refractivity contribution is 0.462. The van der Waals surface area contributed by atoms with Crippen LogP contribution in [0, 0.1) is 6.92 Å². The Labute approximate surface area is 192 Å². The van der Waals surface area contributed by atoms with Gasteiger partial charge in [0.25, 0.3) is 0 Å². The van der Waals surface area contributed by atoms with Gasteiger partial charge in [0.1, 0.15) is 0 Å². The summed E-state index contributed by atoms with van der Waals surface area (Å²) in [5, 5.41) is 3.79. The SMILES string of the molecule is CCc1cccc(CC)c1-c1nc(C)c(CCN[C@H]2CCCc3ccccc32)c(CN)n1. The van der Waals surface area contributed by atoms with Gasteiger partial charge in [-0.2, -0.15) is 0 Å². The number of hydrogen-bond donors (Lipinski definition) is 2. The third-order valence-electron chi connectivity index (χ3n) is 6.85. The molecule has 1 aromatic heterocycles. The van der Waals surface area contributed by atoms with E-state index in [0.717, 1.165) is 43.0 Å². The first-order chi connectivity index (χ1) is 15.7. The Morgan fingerprint density at radius 3 is 2.47 bits per heavy atom. The number of aromatic nitrogens is 2. The van der Waals surface area contributed by atoms with Gasteiger partial charge >= 0.3 is 0 Å². The molecule has 0 spiro atoms. The second kappa shape index (κ2) is 10.4. The zero-order valence-electron chi connectivity index (χ0n) is 19.7. The lowest BCUT2D eigenvalue weighted by atomic mass is 9.87. The van der Waals surface area contributed by atoms with Gasteiger partial charge in [0.2, 0.25) is 0 Å². The van der Waals surface area contributed by atoms with Crippen molar-refractivity contribution in [2.45, 2.75) is 71.9 Å². The largest absolute Gasteiger partial charge is 0.325 e. The average Bonchev–Trinajstić information content (AvgIpc) is 2.84. The minimum atomic E-state index is 0.435. The molecule has 168 valence electrons. The van der Waals surface area contributed by atoms with Crippen LogP contribution in [0.15, 0.2) is 42.5 Å². The maximum atomic E-state index is 6.17. The van der Waals surface area contributed by atoms with Crippen molar-refractivity contribution in [2.75, 3.05) is 6.54 Å². The molecule has 32 heavy (non-hydrogen) atoms. The molecule has 1 aliphatic rings. The zero-order chi connectivity index (χ0) is 22.5. The molecule has 1 heterocycles. The van der Waals surface area contributed by atoms with Crippen molar-refractivity contribution in [1.29, 1.82) is 0 Å². The maximum absolute atomic E-state index is 6.17. The molecule has 3 N–H and O–H groups in total. The van der Waals surface area contributed by atoms with E-state index in [0.29, 0.717) is 12.6 Å². The lowest BCUT2D eigenvalue weighted by Gasteiger charge is -2.26. The molecular weight excluding hydrogens is 392 g/mol. The van der Waals surface area contributed by atoms with E-state index in [-0.39, 0.29) is 0 Å². The Bertz CT molecular complexity index is 1050. The van der Waals surface area contributed by atoms with Crippen LogP contribution in [0.3, 0.4) is 0 Å². The van der Waals surface area contributed by atoms with Crippen molar-refractivity contribution >= 4 is 0 Å². The average molecular weight is 429 g/mol. The first-order valence-corrected chi connectivity index (χ1v) is 12.1. The number of fused-ring (bicyclic) bond motifs is 1. The number of aryl methyl sites for hydroxylation is 4. The summed E-state index contributed by atoms with van der Waals surface area (Å²) in [6, 6.07) is 15.8. The van der Waals surface area contributed by atoms with E-state index in [9.17, 15) is 0 Å². The Kier molecular flexibility index (Phi) is 7.33. The Balaban J connectivity index is 1.56. The molecule has 4 heteroatoms. The van der Waals surface area contributed by atoms with E-state index in [1.807, 2.05) is 0 Å². The molecule has 1 atom stereocenters. The first-order valence-electron chi connectivity index (χ1n) is 12.1. The van der Waals surface area contributed by atoms with Gasteiger partial charge in [0.15, 0.2) is 5.82 Å². The summed E-state index contributed by atoms with van der Waals surface area (Å²) in [5.74, 6) is 0.829. The second-order valence-electron chi connectivity index (χ2n) is 8.77. The summed E-state index contributed by atoms with van der Waals surface area (Å²) in [6.45, 7) is 7.83. The number of rotatable bonds is 8. The minimum Gasteiger partial charge on any atom is -0.325 e. The van der Waals surface area contributed by atoms with Crippen LogP contribution in [0.4, 0.5) is 0 Å². The maximum Gasteiger partial charge on any atom is 0.160 e. The third kappa shape index (κ3) is 4.62. The first kappa shape index (κ1) is 22.6. The third-order valence-corrected chi connectivity index (χ3v) is 6.85. The van der Waals surface area contributed by atoms with E-state index in [1.165, 1.54) is 52.6 Å². The van der Waals surface area contributed by atoms with E-state index < -0.39 is 0 Å². The fourth-order valence-electron chi connectivity index (χ4n) is 5.13. The smallest absolute Gasteiger partial charge is 0.160 e. The highest BCUT2D eigenvalue weighted by Gasteiger charge is 2.20. The van der Waals surface area contributed by atoms with Gasteiger partial charge in [-0.25, -0.2) is 9.97 Å². The Morgan fingerprint density at radius 2 is 1.75 bits per heavy atom. The van der Waals surface area contributed by atoms with Crippen molar-refractivity contribution < 1.29 is 0 Å². The molecule has 0 bridgehead atoms. The van der Waals surface area contributed by atoms with Crippen LogP contribution < -0.4 is 11.1 Å². The van der Waals surface area contributed by atoms with E-state index in [4.69, 9.17) is 15.7 Å². The summed E-state index contributed by atoms with van der Waals surface area (Å²) in [4.78, 5) is 9.95. The monoisotopic (exact) mass is 428 g/mol. The number of nitrogens with zero attached hydrogens (tertiary/aromatic N) is 2. The van der Waals surface area contributed by atoms with Gasteiger partial charge in [-0.05, 0) is 79.8 Å². The normalized spacial score (nSPS) is 15.6.